The van der Waals surface area contributed by atoms with E-state index < -0.39 is 12.0 Å². The molecule has 0 radical (unpaired) electrons. The number of anilines is 1. The van der Waals surface area contributed by atoms with Crippen LogP contribution in [0.3, 0.4) is 0 Å². The number of nitrogens with zero attached hydrogens (tertiary/aromatic N) is 1. The van der Waals surface area contributed by atoms with Crippen LogP contribution in [0, 0.1) is 0 Å². The normalized spacial score (nSPS) is 15.3. The Kier molecular flexibility index (Phi) is 4.80. The van der Waals surface area contributed by atoms with Crippen molar-refractivity contribution in [2.24, 2.45) is 0 Å². The van der Waals surface area contributed by atoms with Crippen LogP contribution in [0.15, 0.2) is 24.3 Å². The molecule has 0 aliphatic carbocycles. The van der Waals surface area contributed by atoms with Gasteiger partial charge in [-0.15, -0.1) is 0 Å². The second kappa shape index (κ2) is 6.57. The topological polar surface area (TPSA) is 52.6 Å². The Balaban J connectivity index is 1.90. The zero-order valence-electron chi connectivity index (χ0n) is 11.4. The number of fused-ring (bicyclic) bond motifs is 1. The summed E-state index contributed by atoms with van der Waals surface area (Å²) >= 11 is 0. The lowest BCUT2D eigenvalue weighted by atomic mass is 10.1. The van der Waals surface area contributed by atoms with Crippen LogP contribution in [0.1, 0.15) is 25.3 Å². The molecule has 2 rings (SSSR count). The van der Waals surface area contributed by atoms with Crippen LogP contribution in [-0.2, 0) is 11.2 Å². The van der Waals surface area contributed by atoms with E-state index in [0.29, 0.717) is 6.42 Å². The van der Waals surface area contributed by atoms with E-state index in [4.69, 9.17) is 0 Å². The molecule has 1 aromatic carbocycles. The molecular weight excluding hydrogens is 240 g/mol. The van der Waals surface area contributed by atoms with Gasteiger partial charge in [0.1, 0.15) is 6.04 Å². The summed E-state index contributed by atoms with van der Waals surface area (Å²) in [6, 6.07) is 7.94. The first-order valence-corrected chi connectivity index (χ1v) is 7.01. The number of hydrogen-bond donors (Lipinski definition) is 2. The van der Waals surface area contributed by atoms with Crippen LogP contribution in [0.25, 0.3) is 0 Å². The van der Waals surface area contributed by atoms with Gasteiger partial charge in [0.25, 0.3) is 0 Å². The van der Waals surface area contributed by atoms with Gasteiger partial charge in [-0.25, -0.2) is 0 Å². The highest BCUT2D eigenvalue weighted by Crippen LogP contribution is 2.27. The second-order valence-electron chi connectivity index (χ2n) is 5.00. The Labute approximate surface area is 114 Å². The van der Waals surface area contributed by atoms with Crippen molar-refractivity contribution in [3.8, 4) is 0 Å². The zero-order valence-corrected chi connectivity index (χ0v) is 11.4. The number of carbonyl (C=O) groups is 1. The molecule has 2 N–H and O–H groups in total. The molecule has 1 unspecified atom stereocenters. The molecule has 1 heterocycles. The van der Waals surface area contributed by atoms with Gasteiger partial charge in [0.05, 0.1) is 0 Å². The molecule has 104 valence electrons. The van der Waals surface area contributed by atoms with Crippen molar-refractivity contribution < 1.29 is 9.90 Å². The van der Waals surface area contributed by atoms with Crippen LogP contribution < -0.4 is 10.2 Å². The van der Waals surface area contributed by atoms with E-state index >= 15 is 0 Å². The molecule has 0 fully saturated rings. The maximum atomic E-state index is 11.2. The first kappa shape index (κ1) is 13.9. The number of carboxylic acid groups (broad SMARTS) is 1. The van der Waals surface area contributed by atoms with E-state index in [1.807, 2.05) is 13.0 Å². The highest BCUT2D eigenvalue weighted by Gasteiger charge is 2.21. The monoisotopic (exact) mass is 262 g/mol. The lowest BCUT2D eigenvalue weighted by Gasteiger charge is -2.22. The molecular formula is C15H22N2O2. The van der Waals surface area contributed by atoms with Crippen LogP contribution in [0.5, 0.6) is 0 Å². The minimum Gasteiger partial charge on any atom is -0.480 e. The standard InChI is InChI=1S/C15H22N2O2/c1-2-9-16-13(15(18)19)8-11-17-10-7-12-5-3-4-6-14(12)17/h3-6,13,16H,2,7-11H2,1H3,(H,18,19). The maximum Gasteiger partial charge on any atom is 0.320 e. The molecule has 0 spiro atoms. The summed E-state index contributed by atoms with van der Waals surface area (Å²) in [6.07, 6.45) is 2.66. The van der Waals surface area contributed by atoms with Crippen LogP contribution in [-0.4, -0.2) is 36.8 Å². The predicted octanol–water partition coefficient (Wildman–Crippen LogP) is 1.89. The van der Waals surface area contributed by atoms with Crippen LogP contribution >= 0.6 is 0 Å². The Morgan fingerprint density at radius 2 is 2.26 bits per heavy atom. The number of hydrogen-bond acceptors (Lipinski definition) is 3. The third-order valence-electron chi connectivity index (χ3n) is 3.61. The van der Waals surface area contributed by atoms with Gasteiger partial charge in [-0.3, -0.25) is 4.79 Å². The predicted molar refractivity (Wildman–Crippen MR) is 76.7 cm³/mol. The van der Waals surface area contributed by atoms with Gasteiger partial charge in [0.2, 0.25) is 0 Å². The van der Waals surface area contributed by atoms with E-state index in [1.165, 1.54) is 11.3 Å². The van der Waals surface area contributed by atoms with Crippen molar-refractivity contribution in [3.63, 3.8) is 0 Å². The average molecular weight is 262 g/mol. The smallest absolute Gasteiger partial charge is 0.320 e. The van der Waals surface area contributed by atoms with E-state index in [0.717, 1.165) is 32.5 Å². The van der Waals surface area contributed by atoms with Crippen molar-refractivity contribution in [1.82, 2.24) is 5.32 Å². The number of rotatable bonds is 7. The van der Waals surface area contributed by atoms with Crippen LogP contribution in [0.4, 0.5) is 5.69 Å². The molecule has 0 saturated heterocycles. The van der Waals surface area contributed by atoms with Crippen molar-refractivity contribution in [3.05, 3.63) is 29.8 Å². The minimum atomic E-state index is -0.749. The molecule has 0 aromatic heterocycles. The van der Waals surface area contributed by atoms with Gasteiger partial charge in [-0.1, -0.05) is 25.1 Å². The summed E-state index contributed by atoms with van der Waals surface area (Å²) in [5, 5.41) is 12.3. The highest BCUT2D eigenvalue weighted by molar-refractivity contribution is 5.73. The molecule has 4 heteroatoms. The molecule has 0 amide bonds. The van der Waals surface area contributed by atoms with Gasteiger partial charge in [0.15, 0.2) is 0 Å². The third kappa shape index (κ3) is 3.47. The van der Waals surface area contributed by atoms with Gasteiger partial charge >= 0.3 is 5.97 Å². The van der Waals surface area contributed by atoms with Gasteiger partial charge < -0.3 is 15.3 Å². The minimum absolute atomic E-state index is 0.437. The SMILES string of the molecule is CCCNC(CCN1CCc2ccccc21)C(=O)O. The summed E-state index contributed by atoms with van der Waals surface area (Å²) in [5.41, 5.74) is 2.64. The van der Waals surface area contributed by atoms with Crippen molar-refractivity contribution in [1.29, 1.82) is 0 Å². The lowest BCUT2D eigenvalue weighted by molar-refractivity contribution is -0.139. The maximum absolute atomic E-state index is 11.2. The Morgan fingerprint density at radius 3 is 3.00 bits per heavy atom. The second-order valence-corrected chi connectivity index (χ2v) is 5.00. The summed E-state index contributed by atoms with van der Waals surface area (Å²) in [5.74, 6) is -0.749. The van der Waals surface area contributed by atoms with E-state index in [-0.39, 0.29) is 0 Å². The van der Waals surface area contributed by atoms with E-state index in [9.17, 15) is 9.90 Å². The van der Waals surface area contributed by atoms with Gasteiger partial charge in [0, 0.05) is 18.8 Å². The average Bonchev–Trinajstić information content (AvgIpc) is 2.82. The molecule has 0 bridgehead atoms. The first-order valence-electron chi connectivity index (χ1n) is 7.01. The van der Waals surface area contributed by atoms with E-state index in [1.54, 1.807) is 0 Å². The number of aliphatic carboxylic acids is 1. The number of nitrogens with one attached hydrogen (secondary N) is 1. The summed E-state index contributed by atoms with van der Waals surface area (Å²) < 4.78 is 0. The van der Waals surface area contributed by atoms with Gasteiger partial charge in [-0.05, 0) is 37.4 Å². The third-order valence-corrected chi connectivity index (χ3v) is 3.61. The fraction of sp³-hybridized carbons (Fsp3) is 0.533. The molecule has 1 aromatic rings. The fourth-order valence-electron chi connectivity index (χ4n) is 2.56. The van der Waals surface area contributed by atoms with E-state index in [2.05, 4.69) is 28.4 Å². The summed E-state index contributed by atoms with van der Waals surface area (Å²) in [4.78, 5) is 13.5. The molecule has 1 aliphatic rings. The quantitative estimate of drug-likeness (QED) is 0.788. The fourth-order valence-corrected chi connectivity index (χ4v) is 2.56. The molecule has 1 aliphatic heterocycles. The van der Waals surface area contributed by atoms with Crippen molar-refractivity contribution in [2.75, 3.05) is 24.5 Å². The zero-order chi connectivity index (χ0) is 13.7. The molecule has 0 saturated carbocycles. The number of para-hydroxylation sites is 1. The number of carboxylic acids is 1. The molecule has 1 atom stereocenters. The Bertz CT molecular complexity index is 434. The molecule has 4 nitrogen and oxygen atoms in total. The Hall–Kier alpha value is -1.55. The van der Waals surface area contributed by atoms with Crippen molar-refractivity contribution >= 4 is 11.7 Å². The van der Waals surface area contributed by atoms with Crippen LogP contribution in [0.2, 0.25) is 0 Å². The summed E-state index contributed by atoms with van der Waals surface area (Å²) in [6.45, 7) is 4.60. The molecule has 19 heavy (non-hydrogen) atoms. The number of benzene rings is 1. The lowest BCUT2D eigenvalue weighted by Crippen LogP contribution is -2.40. The van der Waals surface area contributed by atoms with Crippen molar-refractivity contribution in [2.45, 2.75) is 32.2 Å². The summed E-state index contributed by atoms with van der Waals surface area (Å²) in [7, 11) is 0. The highest BCUT2D eigenvalue weighted by atomic mass is 16.4. The van der Waals surface area contributed by atoms with Gasteiger partial charge in [-0.2, -0.15) is 0 Å². The Morgan fingerprint density at radius 1 is 1.47 bits per heavy atom. The largest absolute Gasteiger partial charge is 0.480 e. The first-order chi connectivity index (χ1) is 9.22.